The van der Waals surface area contributed by atoms with Crippen LogP contribution < -0.4 is 0 Å². The van der Waals surface area contributed by atoms with Gasteiger partial charge < -0.3 is 9.74 Å². The van der Waals surface area contributed by atoms with Gasteiger partial charge in [-0.05, 0) is 17.7 Å². The minimum atomic E-state index is -3.23. The Balaban J connectivity index is 1.57. The van der Waals surface area contributed by atoms with Crippen molar-refractivity contribution >= 4 is 21.6 Å². The van der Waals surface area contributed by atoms with Crippen molar-refractivity contribution in [1.82, 2.24) is 9.21 Å². The van der Waals surface area contributed by atoms with Crippen molar-refractivity contribution in [2.24, 2.45) is 5.16 Å². The summed E-state index contributed by atoms with van der Waals surface area (Å²) in [5.74, 6) is -0.543. The fraction of sp³-hybridized carbons (Fsp3) is 0.467. The summed E-state index contributed by atoms with van der Waals surface area (Å²) in [6.45, 7) is 1.22. The topological polar surface area (TPSA) is 79.3 Å². The molecule has 2 heterocycles. The van der Waals surface area contributed by atoms with E-state index in [1.165, 1.54) is 16.4 Å². The summed E-state index contributed by atoms with van der Waals surface area (Å²) in [5, 5.41) is 3.93. The Bertz CT molecular complexity index is 755. The second-order valence-electron chi connectivity index (χ2n) is 5.83. The summed E-state index contributed by atoms with van der Waals surface area (Å²) >= 11 is 0. The zero-order valence-corrected chi connectivity index (χ0v) is 14.0. The third-order valence-electron chi connectivity index (χ3n) is 4.14. The molecule has 24 heavy (non-hydrogen) atoms. The normalized spacial score (nSPS) is 22.2. The van der Waals surface area contributed by atoms with Crippen molar-refractivity contribution in [1.29, 1.82) is 0 Å². The van der Waals surface area contributed by atoms with E-state index in [4.69, 9.17) is 4.84 Å². The Labute approximate surface area is 139 Å². The zero-order chi connectivity index (χ0) is 17.3. The lowest BCUT2D eigenvalue weighted by atomic mass is 10.0. The predicted molar refractivity (Wildman–Crippen MR) is 85.4 cm³/mol. The molecule has 0 bridgehead atoms. The molecule has 9 heteroatoms. The molecule has 1 aromatic carbocycles. The fourth-order valence-electron chi connectivity index (χ4n) is 2.77. The van der Waals surface area contributed by atoms with Gasteiger partial charge in [0.1, 0.15) is 5.82 Å². The maximum absolute atomic E-state index is 13.0. The predicted octanol–water partition coefficient (Wildman–Crippen LogP) is 0.423. The number of carbonyl (C=O) groups excluding carboxylic acids is 1. The van der Waals surface area contributed by atoms with Gasteiger partial charge in [0.2, 0.25) is 16.1 Å². The zero-order valence-electron chi connectivity index (χ0n) is 13.2. The van der Waals surface area contributed by atoms with E-state index in [1.807, 2.05) is 0 Å². The van der Waals surface area contributed by atoms with Gasteiger partial charge in [-0.15, -0.1) is 0 Å². The standard InChI is InChI=1S/C15H18FN3O4S/c1-24(21,22)19-8-6-18(7-9-19)15(20)14-10-13(17-23-14)11-2-4-12(16)5-3-11/h2-5,14H,6-10H2,1H3. The lowest BCUT2D eigenvalue weighted by molar-refractivity contribution is -0.143. The maximum Gasteiger partial charge on any atom is 0.266 e. The fourth-order valence-corrected chi connectivity index (χ4v) is 3.59. The smallest absolute Gasteiger partial charge is 0.266 e. The van der Waals surface area contributed by atoms with E-state index in [1.54, 1.807) is 17.0 Å². The van der Waals surface area contributed by atoms with Gasteiger partial charge in [-0.2, -0.15) is 4.31 Å². The maximum atomic E-state index is 13.0. The van der Waals surface area contributed by atoms with Crippen molar-refractivity contribution in [3.05, 3.63) is 35.6 Å². The van der Waals surface area contributed by atoms with Crippen LogP contribution in [0.15, 0.2) is 29.4 Å². The molecule has 3 rings (SSSR count). The van der Waals surface area contributed by atoms with Crippen molar-refractivity contribution in [2.45, 2.75) is 12.5 Å². The van der Waals surface area contributed by atoms with Gasteiger partial charge in [0.15, 0.2) is 0 Å². The lowest BCUT2D eigenvalue weighted by Gasteiger charge is -2.34. The highest BCUT2D eigenvalue weighted by Crippen LogP contribution is 2.20. The van der Waals surface area contributed by atoms with Crippen LogP contribution in [0.5, 0.6) is 0 Å². The first-order valence-corrected chi connectivity index (χ1v) is 9.42. The minimum Gasteiger partial charge on any atom is -0.382 e. The quantitative estimate of drug-likeness (QED) is 0.787. The second-order valence-corrected chi connectivity index (χ2v) is 7.81. The number of carbonyl (C=O) groups is 1. The minimum absolute atomic E-state index is 0.205. The molecule has 2 aliphatic rings. The lowest BCUT2D eigenvalue weighted by Crippen LogP contribution is -2.52. The molecule has 0 radical (unpaired) electrons. The van der Waals surface area contributed by atoms with E-state index in [0.717, 1.165) is 6.26 Å². The highest BCUT2D eigenvalue weighted by molar-refractivity contribution is 7.88. The van der Waals surface area contributed by atoms with E-state index in [-0.39, 0.29) is 24.8 Å². The largest absolute Gasteiger partial charge is 0.382 e. The highest BCUT2D eigenvalue weighted by atomic mass is 32.2. The van der Waals surface area contributed by atoms with Gasteiger partial charge in [0.25, 0.3) is 5.91 Å². The summed E-state index contributed by atoms with van der Waals surface area (Å²) in [4.78, 5) is 19.3. The van der Waals surface area contributed by atoms with Gasteiger partial charge in [0, 0.05) is 32.6 Å². The number of rotatable bonds is 3. The van der Waals surface area contributed by atoms with Crippen LogP contribution in [0.2, 0.25) is 0 Å². The number of oxime groups is 1. The van der Waals surface area contributed by atoms with Crippen molar-refractivity contribution < 1.29 is 22.4 Å². The van der Waals surface area contributed by atoms with Crippen LogP contribution in [-0.4, -0.2) is 67.8 Å². The molecule has 1 atom stereocenters. The molecule has 1 fully saturated rings. The molecule has 1 aromatic rings. The van der Waals surface area contributed by atoms with Crippen LogP contribution in [0.3, 0.4) is 0 Å². The number of hydrogen-bond donors (Lipinski definition) is 0. The molecule has 0 aliphatic carbocycles. The first kappa shape index (κ1) is 16.8. The van der Waals surface area contributed by atoms with Crippen LogP contribution in [0.4, 0.5) is 4.39 Å². The second kappa shape index (κ2) is 6.48. The number of amides is 1. The first-order chi connectivity index (χ1) is 11.3. The Morgan fingerprint density at radius 3 is 2.42 bits per heavy atom. The molecule has 0 aromatic heterocycles. The van der Waals surface area contributed by atoms with Crippen molar-refractivity contribution in [2.75, 3.05) is 32.4 Å². The van der Waals surface area contributed by atoms with Crippen LogP contribution in [0, 0.1) is 5.82 Å². The monoisotopic (exact) mass is 355 g/mol. The molecule has 130 valence electrons. The number of hydrogen-bond acceptors (Lipinski definition) is 5. The first-order valence-electron chi connectivity index (χ1n) is 7.57. The molecule has 1 unspecified atom stereocenters. The summed E-state index contributed by atoms with van der Waals surface area (Å²) in [7, 11) is -3.23. The third-order valence-corrected chi connectivity index (χ3v) is 5.44. The number of sulfonamides is 1. The average molecular weight is 355 g/mol. The van der Waals surface area contributed by atoms with Gasteiger partial charge in [0.05, 0.1) is 12.0 Å². The Kier molecular flexibility index (Phi) is 4.55. The molecule has 0 N–H and O–H groups in total. The Morgan fingerprint density at radius 2 is 1.83 bits per heavy atom. The molecule has 1 amide bonds. The highest BCUT2D eigenvalue weighted by Gasteiger charge is 2.34. The van der Waals surface area contributed by atoms with Gasteiger partial charge >= 0.3 is 0 Å². The molecule has 1 saturated heterocycles. The number of piperazine rings is 1. The van der Waals surface area contributed by atoms with E-state index >= 15 is 0 Å². The summed E-state index contributed by atoms with van der Waals surface area (Å²) < 4.78 is 37.3. The summed E-state index contributed by atoms with van der Waals surface area (Å²) in [5.41, 5.74) is 1.32. The van der Waals surface area contributed by atoms with E-state index < -0.39 is 16.1 Å². The molecule has 7 nitrogen and oxygen atoms in total. The molecular weight excluding hydrogens is 337 g/mol. The van der Waals surface area contributed by atoms with E-state index in [2.05, 4.69) is 5.16 Å². The number of nitrogens with zero attached hydrogens (tertiary/aromatic N) is 3. The van der Waals surface area contributed by atoms with Gasteiger partial charge in [-0.3, -0.25) is 4.79 Å². The Morgan fingerprint density at radius 1 is 1.21 bits per heavy atom. The average Bonchev–Trinajstić information content (AvgIpc) is 3.04. The van der Waals surface area contributed by atoms with Crippen LogP contribution in [0.25, 0.3) is 0 Å². The molecule has 0 spiro atoms. The van der Waals surface area contributed by atoms with E-state index in [9.17, 15) is 17.6 Å². The Hall–Kier alpha value is -2.00. The van der Waals surface area contributed by atoms with Crippen LogP contribution >= 0.6 is 0 Å². The van der Waals surface area contributed by atoms with Crippen LogP contribution in [0.1, 0.15) is 12.0 Å². The van der Waals surface area contributed by atoms with Crippen molar-refractivity contribution in [3.63, 3.8) is 0 Å². The van der Waals surface area contributed by atoms with E-state index in [0.29, 0.717) is 30.8 Å². The number of benzene rings is 1. The summed E-state index contributed by atoms with van der Waals surface area (Å²) in [6, 6.07) is 5.85. The van der Waals surface area contributed by atoms with Crippen LogP contribution in [-0.2, 0) is 19.7 Å². The molecule has 0 saturated carbocycles. The molecular formula is C15H18FN3O4S. The van der Waals surface area contributed by atoms with Crippen molar-refractivity contribution in [3.8, 4) is 0 Å². The summed E-state index contributed by atoms with van der Waals surface area (Å²) in [6.07, 6.45) is 0.763. The third kappa shape index (κ3) is 3.57. The van der Waals surface area contributed by atoms with Gasteiger partial charge in [-0.1, -0.05) is 17.3 Å². The van der Waals surface area contributed by atoms with Gasteiger partial charge in [-0.25, -0.2) is 12.8 Å². The SMILES string of the molecule is CS(=O)(=O)N1CCN(C(=O)C2CC(c3ccc(F)cc3)=NO2)CC1. The molecule has 2 aliphatic heterocycles. The number of halogens is 1.